The molecule has 0 spiro atoms. The van der Waals surface area contributed by atoms with E-state index >= 15 is 0 Å². The highest BCUT2D eigenvalue weighted by Gasteiger charge is 2.34. The van der Waals surface area contributed by atoms with E-state index in [4.69, 9.17) is 4.74 Å². The van der Waals surface area contributed by atoms with Crippen LogP contribution in [0.25, 0.3) is 10.8 Å². The van der Waals surface area contributed by atoms with E-state index in [1.54, 1.807) is 19.6 Å². The second-order valence-electron chi connectivity index (χ2n) is 6.35. The minimum Gasteiger partial charge on any atom is -0.497 e. The van der Waals surface area contributed by atoms with Crippen LogP contribution < -0.4 is 4.74 Å². The molecule has 4 heteroatoms. The van der Waals surface area contributed by atoms with Crippen LogP contribution in [0.15, 0.2) is 48.9 Å². The zero-order chi connectivity index (χ0) is 16.4. The van der Waals surface area contributed by atoms with Crippen LogP contribution >= 0.6 is 0 Å². The molecule has 0 fully saturated rings. The average molecular weight is 310 g/mol. The topological polar surface area (TPSA) is 58.1 Å². The third kappa shape index (κ3) is 2.94. The molecule has 0 saturated carbocycles. The zero-order valence-corrected chi connectivity index (χ0v) is 13.7. The lowest BCUT2D eigenvalue weighted by molar-refractivity contribution is 0.0536. The number of benzene rings is 2. The summed E-state index contributed by atoms with van der Waals surface area (Å²) in [5.74, 6) is 1.17. The van der Waals surface area contributed by atoms with Crippen molar-refractivity contribution in [2.24, 2.45) is 5.92 Å². The van der Waals surface area contributed by atoms with E-state index in [2.05, 4.69) is 23.8 Å². The summed E-state index contributed by atoms with van der Waals surface area (Å²) in [6.07, 6.45) is 3.92. The van der Waals surface area contributed by atoms with Gasteiger partial charge < -0.3 is 14.8 Å². The first-order valence-electron chi connectivity index (χ1n) is 7.82. The Balaban J connectivity index is 2.11. The van der Waals surface area contributed by atoms with Gasteiger partial charge in [0.05, 0.1) is 25.3 Å². The zero-order valence-electron chi connectivity index (χ0n) is 13.7. The van der Waals surface area contributed by atoms with Crippen LogP contribution in [0, 0.1) is 5.92 Å². The molecule has 0 aliphatic rings. The first-order valence-corrected chi connectivity index (χ1v) is 7.82. The van der Waals surface area contributed by atoms with E-state index in [9.17, 15) is 5.11 Å². The van der Waals surface area contributed by atoms with Gasteiger partial charge in [-0.3, -0.25) is 0 Å². The van der Waals surface area contributed by atoms with Crippen LogP contribution in [0.2, 0.25) is 0 Å². The van der Waals surface area contributed by atoms with E-state index in [-0.39, 0.29) is 0 Å². The highest BCUT2D eigenvalue weighted by molar-refractivity contribution is 5.84. The summed E-state index contributed by atoms with van der Waals surface area (Å²) >= 11 is 0. The normalized spacial score (nSPS) is 14.1. The van der Waals surface area contributed by atoms with Gasteiger partial charge in [-0.2, -0.15) is 0 Å². The van der Waals surface area contributed by atoms with Crippen LogP contribution in [-0.2, 0) is 5.60 Å². The van der Waals surface area contributed by atoms with Gasteiger partial charge in [-0.25, -0.2) is 4.98 Å². The lowest BCUT2D eigenvalue weighted by atomic mass is 9.82. The molecule has 2 N–H and O–H groups in total. The molecule has 1 heterocycles. The maximum atomic E-state index is 11.4. The number of hydrogen-bond acceptors (Lipinski definition) is 3. The number of nitrogens with one attached hydrogen (secondary N) is 1. The second-order valence-corrected chi connectivity index (χ2v) is 6.35. The number of ether oxygens (including phenoxy) is 1. The first kappa shape index (κ1) is 15.6. The maximum Gasteiger partial charge on any atom is 0.131 e. The molecule has 3 rings (SSSR count). The Morgan fingerprint density at radius 2 is 1.91 bits per heavy atom. The minimum atomic E-state index is -1.07. The fourth-order valence-corrected chi connectivity index (χ4v) is 3.06. The van der Waals surface area contributed by atoms with Crippen LogP contribution in [0.4, 0.5) is 0 Å². The predicted octanol–water partition coefficient (Wildman–Crippen LogP) is 3.85. The number of aliphatic hydroxyl groups is 1. The summed E-state index contributed by atoms with van der Waals surface area (Å²) in [5, 5.41) is 13.5. The summed E-state index contributed by atoms with van der Waals surface area (Å²) in [4.78, 5) is 7.14. The third-order valence-electron chi connectivity index (χ3n) is 4.17. The Morgan fingerprint density at radius 1 is 1.17 bits per heavy atom. The quantitative estimate of drug-likeness (QED) is 0.752. The van der Waals surface area contributed by atoms with Gasteiger partial charge in [0, 0.05) is 0 Å². The van der Waals surface area contributed by atoms with E-state index in [0.29, 0.717) is 12.3 Å². The van der Waals surface area contributed by atoms with E-state index in [1.165, 1.54) is 0 Å². The molecule has 1 atom stereocenters. The molecule has 23 heavy (non-hydrogen) atoms. The number of imidazole rings is 1. The van der Waals surface area contributed by atoms with Crippen molar-refractivity contribution in [1.82, 2.24) is 9.97 Å². The van der Waals surface area contributed by atoms with Gasteiger partial charge >= 0.3 is 0 Å². The number of aromatic amines is 1. The molecule has 0 saturated heterocycles. The molecule has 3 aromatic rings. The van der Waals surface area contributed by atoms with Gasteiger partial charge in [0.15, 0.2) is 0 Å². The monoisotopic (exact) mass is 310 g/mol. The average Bonchev–Trinajstić information content (AvgIpc) is 3.08. The minimum absolute atomic E-state index is 0.342. The lowest BCUT2D eigenvalue weighted by Gasteiger charge is -2.29. The van der Waals surface area contributed by atoms with Gasteiger partial charge in [0.25, 0.3) is 0 Å². The largest absolute Gasteiger partial charge is 0.497 e. The number of hydrogen-bond donors (Lipinski definition) is 2. The predicted molar refractivity (Wildman–Crippen MR) is 91.5 cm³/mol. The smallest absolute Gasteiger partial charge is 0.131 e. The molecular weight excluding hydrogens is 288 g/mol. The lowest BCUT2D eigenvalue weighted by Crippen LogP contribution is -2.29. The number of methoxy groups -OCH3 is 1. The molecule has 0 aliphatic carbocycles. The highest BCUT2D eigenvalue weighted by Crippen LogP contribution is 2.36. The summed E-state index contributed by atoms with van der Waals surface area (Å²) in [6, 6.07) is 12.0. The first-order chi connectivity index (χ1) is 11.0. The molecule has 0 bridgehead atoms. The van der Waals surface area contributed by atoms with Crippen molar-refractivity contribution >= 4 is 10.8 Å². The molecule has 2 aromatic carbocycles. The van der Waals surface area contributed by atoms with Crippen molar-refractivity contribution in [1.29, 1.82) is 0 Å². The number of aromatic nitrogens is 2. The van der Waals surface area contributed by atoms with Crippen molar-refractivity contribution in [3.8, 4) is 5.75 Å². The van der Waals surface area contributed by atoms with E-state index in [0.717, 1.165) is 27.8 Å². The Hall–Kier alpha value is -2.33. The molecule has 0 amide bonds. The SMILES string of the molecule is COc1ccc2cc(C(O)(CC(C)C)c3cnc[nH]3)ccc2c1. The highest BCUT2D eigenvalue weighted by atomic mass is 16.5. The fourth-order valence-electron chi connectivity index (χ4n) is 3.06. The van der Waals surface area contributed by atoms with Gasteiger partial charge in [-0.05, 0) is 46.9 Å². The Morgan fingerprint density at radius 3 is 2.57 bits per heavy atom. The second kappa shape index (κ2) is 6.05. The van der Waals surface area contributed by atoms with Crippen LogP contribution in [-0.4, -0.2) is 22.2 Å². The summed E-state index contributed by atoms with van der Waals surface area (Å²) in [5.41, 5.74) is 0.519. The van der Waals surface area contributed by atoms with Crippen molar-refractivity contribution < 1.29 is 9.84 Å². The fraction of sp³-hybridized carbons (Fsp3) is 0.316. The van der Waals surface area contributed by atoms with Gasteiger partial charge in [-0.15, -0.1) is 0 Å². The Bertz CT molecular complexity index is 796. The molecular formula is C19H22N2O2. The molecule has 0 radical (unpaired) electrons. The van der Waals surface area contributed by atoms with Crippen molar-refractivity contribution in [3.05, 3.63) is 60.2 Å². The van der Waals surface area contributed by atoms with Crippen LogP contribution in [0.3, 0.4) is 0 Å². The van der Waals surface area contributed by atoms with E-state index < -0.39 is 5.60 Å². The van der Waals surface area contributed by atoms with Gasteiger partial charge in [0.2, 0.25) is 0 Å². The molecule has 1 unspecified atom stereocenters. The Labute approximate surface area is 136 Å². The van der Waals surface area contributed by atoms with E-state index in [1.807, 2.05) is 36.4 Å². The number of rotatable bonds is 5. The molecule has 1 aromatic heterocycles. The summed E-state index contributed by atoms with van der Waals surface area (Å²) < 4.78 is 5.27. The van der Waals surface area contributed by atoms with Crippen molar-refractivity contribution in [2.75, 3.05) is 7.11 Å². The van der Waals surface area contributed by atoms with Crippen LogP contribution in [0.5, 0.6) is 5.75 Å². The summed E-state index contributed by atoms with van der Waals surface area (Å²) in [6.45, 7) is 4.21. The number of fused-ring (bicyclic) bond motifs is 1. The summed E-state index contributed by atoms with van der Waals surface area (Å²) in [7, 11) is 1.66. The van der Waals surface area contributed by atoms with Crippen molar-refractivity contribution in [3.63, 3.8) is 0 Å². The number of nitrogens with zero attached hydrogens (tertiary/aromatic N) is 1. The maximum absolute atomic E-state index is 11.4. The van der Waals surface area contributed by atoms with Crippen molar-refractivity contribution in [2.45, 2.75) is 25.9 Å². The third-order valence-corrected chi connectivity index (χ3v) is 4.17. The molecule has 120 valence electrons. The van der Waals surface area contributed by atoms with Gasteiger partial charge in [0.1, 0.15) is 11.4 Å². The van der Waals surface area contributed by atoms with Crippen LogP contribution in [0.1, 0.15) is 31.5 Å². The standard InChI is InChI=1S/C19H22N2O2/c1-13(2)10-19(22,18-11-20-12-21-18)16-6-4-15-9-17(23-3)7-5-14(15)8-16/h4-9,11-13,22H,10H2,1-3H3,(H,20,21). The number of H-pyrrole nitrogens is 1. The molecule has 4 nitrogen and oxygen atoms in total. The van der Waals surface area contributed by atoms with Gasteiger partial charge in [-0.1, -0.05) is 32.0 Å². The molecule has 0 aliphatic heterocycles. The Kier molecular flexibility index (Phi) is 4.09.